The van der Waals surface area contributed by atoms with Gasteiger partial charge in [-0.25, -0.2) is 8.42 Å². The summed E-state index contributed by atoms with van der Waals surface area (Å²) >= 11 is 14.2. The van der Waals surface area contributed by atoms with Gasteiger partial charge in [0.15, 0.2) is 9.84 Å². The van der Waals surface area contributed by atoms with Crippen molar-refractivity contribution in [1.82, 2.24) is 4.90 Å². The first-order valence-electron chi connectivity index (χ1n) is 10.1. The number of hydrogen-bond donors (Lipinski definition) is 0. The fourth-order valence-electron chi connectivity index (χ4n) is 3.93. The van der Waals surface area contributed by atoms with E-state index in [1.807, 2.05) is 24.3 Å². The number of nitrogens with zero attached hydrogens (tertiary/aromatic N) is 1. The summed E-state index contributed by atoms with van der Waals surface area (Å²) in [6.45, 7) is 4.58. The van der Waals surface area contributed by atoms with Crippen molar-refractivity contribution in [2.24, 2.45) is 0 Å². The third-order valence-electron chi connectivity index (χ3n) is 5.71. The molecule has 31 heavy (non-hydrogen) atoms. The highest BCUT2D eigenvalue weighted by Gasteiger charge is 2.36. The van der Waals surface area contributed by atoms with Crippen molar-refractivity contribution in [2.75, 3.05) is 11.5 Å². The Kier molecular flexibility index (Phi) is 6.37. The van der Waals surface area contributed by atoms with E-state index in [1.165, 1.54) is 16.9 Å². The van der Waals surface area contributed by atoms with Gasteiger partial charge in [-0.2, -0.15) is 0 Å². The molecule has 0 N–H and O–H groups in total. The second-order valence-electron chi connectivity index (χ2n) is 8.24. The topological polar surface area (TPSA) is 54.5 Å². The van der Waals surface area contributed by atoms with Crippen LogP contribution in [0, 0.1) is 0 Å². The number of carbonyl (C=O) groups is 1. The van der Waals surface area contributed by atoms with Crippen LogP contribution >= 0.6 is 34.5 Å². The molecule has 0 aliphatic carbocycles. The molecule has 1 amide bonds. The molecule has 0 spiro atoms. The number of fused-ring (bicyclic) bond motifs is 1. The van der Waals surface area contributed by atoms with Crippen molar-refractivity contribution >= 4 is 60.4 Å². The molecule has 2 heterocycles. The fraction of sp³-hybridized carbons (Fsp3) is 0.348. The summed E-state index contributed by atoms with van der Waals surface area (Å²) in [6.07, 6.45) is 0.432. The van der Waals surface area contributed by atoms with Crippen molar-refractivity contribution < 1.29 is 13.2 Å². The molecule has 1 aliphatic heterocycles. The van der Waals surface area contributed by atoms with Crippen LogP contribution in [-0.4, -0.2) is 36.8 Å². The summed E-state index contributed by atoms with van der Waals surface area (Å²) in [6, 6.07) is 13.2. The zero-order chi connectivity index (χ0) is 22.3. The van der Waals surface area contributed by atoms with E-state index in [1.54, 1.807) is 11.0 Å². The highest BCUT2D eigenvalue weighted by molar-refractivity contribution is 7.91. The Morgan fingerprint density at radius 3 is 2.45 bits per heavy atom. The minimum absolute atomic E-state index is 0.0217. The van der Waals surface area contributed by atoms with E-state index in [4.69, 9.17) is 23.2 Å². The fourth-order valence-corrected chi connectivity index (χ4v) is 7.57. The molecule has 1 aliphatic rings. The molecule has 3 aromatic rings. The van der Waals surface area contributed by atoms with Crippen LogP contribution in [0.1, 0.15) is 47.0 Å². The van der Waals surface area contributed by atoms with Crippen LogP contribution in [0.4, 0.5) is 0 Å². The third kappa shape index (κ3) is 4.63. The Balaban J connectivity index is 1.71. The number of amides is 1. The molecule has 0 radical (unpaired) electrons. The number of carbonyl (C=O) groups excluding carboxylic acids is 1. The number of thiophene rings is 1. The first kappa shape index (κ1) is 22.6. The third-order valence-corrected chi connectivity index (χ3v) is 9.41. The summed E-state index contributed by atoms with van der Waals surface area (Å²) in [5.74, 6) is 0.234. The smallest absolute Gasteiger partial charge is 0.266 e. The van der Waals surface area contributed by atoms with E-state index in [-0.39, 0.29) is 23.5 Å². The molecular weight excluding hydrogens is 473 g/mol. The molecule has 2 aromatic carbocycles. The van der Waals surface area contributed by atoms with Gasteiger partial charge in [-0.05, 0) is 35.6 Å². The lowest BCUT2D eigenvalue weighted by Gasteiger charge is -2.28. The lowest BCUT2D eigenvalue weighted by molar-refractivity contribution is 0.0686. The highest BCUT2D eigenvalue weighted by atomic mass is 35.5. The predicted molar refractivity (Wildman–Crippen MR) is 129 cm³/mol. The Morgan fingerprint density at radius 1 is 1.16 bits per heavy atom. The number of hydrogen-bond acceptors (Lipinski definition) is 4. The Bertz CT molecular complexity index is 1230. The first-order chi connectivity index (χ1) is 14.7. The van der Waals surface area contributed by atoms with Crippen LogP contribution in [0.5, 0.6) is 0 Å². The van der Waals surface area contributed by atoms with E-state index in [2.05, 4.69) is 26.0 Å². The number of rotatable bonds is 5. The normalized spacial score (nSPS) is 18.0. The highest BCUT2D eigenvalue weighted by Crippen LogP contribution is 2.40. The monoisotopic (exact) mass is 495 g/mol. The van der Waals surface area contributed by atoms with E-state index in [0.29, 0.717) is 39.2 Å². The van der Waals surface area contributed by atoms with Crippen molar-refractivity contribution in [3.63, 3.8) is 0 Å². The van der Waals surface area contributed by atoms with Gasteiger partial charge in [0, 0.05) is 22.7 Å². The first-order valence-corrected chi connectivity index (χ1v) is 13.5. The maximum atomic E-state index is 13.6. The van der Waals surface area contributed by atoms with Gasteiger partial charge in [-0.15, -0.1) is 11.3 Å². The predicted octanol–water partition coefficient (Wildman–Crippen LogP) is 6.16. The number of benzene rings is 2. The van der Waals surface area contributed by atoms with Crippen molar-refractivity contribution in [3.8, 4) is 0 Å². The van der Waals surface area contributed by atoms with Gasteiger partial charge in [0.2, 0.25) is 0 Å². The summed E-state index contributed by atoms with van der Waals surface area (Å²) < 4.78 is 25.1. The molecule has 1 aromatic heterocycles. The van der Waals surface area contributed by atoms with Crippen molar-refractivity contribution in [3.05, 3.63) is 68.5 Å². The summed E-state index contributed by atoms with van der Waals surface area (Å²) in [7, 11) is -3.15. The lowest BCUT2D eigenvalue weighted by atomic mass is 10.0. The van der Waals surface area contributed by atoms with Gasteiger partial charge in [-0.3, -0.25) is 4.79 Å². The minimum Gasteiger partial charge on any atom is -0.330 e. The van der Waals surface area contributed by atoms with Gasteiger partial charge in [-0.1, -0.05) is 67.4 Å². The van der Waals surface area contributed by atoms with E-state index in [0.717, 1.165) is 10.3 Å². The number of halogens is 2. The average molecular weight is 496 g/mol. The van der Waals surface area contributed by atoms with Crippen molar-refractivity contribution in [2.45, 2.75) is 38.8 Å². The second kappa shape index (κ2) is 8.74. The van der Waals surface area contributed by atoms with Crippen LogP contribution in [0.3, 0.4) is 0 Å². The Labute approximate surface area is 196 Å². The molecule has 1 fully saturated rings. The van der Waals surface area contributed by atoms with Crippen LogP contribution in [0.25, 0.3) is 10.1 Å². The summed E-state index contributed by atoms with van der Waals surface area (Å²) in [5.41, 5.74) is 2.17. The SMILES string of the molecule is CC(C)c1ccc(CN(C(=O)c2sc3cccc(Cl)c3c2Cl)C2CCS(=O)(=O)C2)cc1. The van der Waals surface area contributed by atoms with Crippen LogP contribution < -0.4 is 0 Å². The molecule has 1 unspecified atom stereocenters. The Hall–Kier alpha value is -1.60. The molecule has 1 atom stereocenters. The van der Waals surface area contributed by atoms with Crippen LogP contribution in [0.2, 0.25) is 10.0 Å². The van der Waals surface area contributed by atoms with Gasteiger partial charge in [0.05, 0.1) is 21.6 Å². The van der Waals surface area contributed by atoms with E-state index >= 15 is 0 Å². The van der Waals surface area contributed by atoms with Crippen molar-refractivity contribution in [1.29, 1.82) is 0 Å². The largest absolute Gasteiger partial charge is 0.330 e. The number of sulfone groups is 1. The molecule has 1 saturated heterocycles. The molecule has 164 valence electrons. The molecular formula is C23H23Cl2NO3S2. The van der Waals surface area contributed by atoms with Crippen LogP contribution in [0.15, 0.2) is 42.5 Å². The lowest BCUT2D eigenvalue weighted by Crippen LogP contribution is -2.40. The van der Waals surface area contributed by atoms with Crippen LogP contribution in [-0.2, 0) is 16.4 Å². The molecule has 0 saturated carbocycles. The minimum atomic E-state index is -3.15. The molecule has 0 bridgehead atoms. The zero-order valence-electron chi connectivity index (χ0n) is 17.3. The average Bonchev–Trinajstić information content (AvgIpc) is 3.26. The second-order valence-corrected chi connectivity index (χ2v) is 12.3. The van der Waals surface area contributed by atoms with Gasteiger partial charge < -0.3 is 4.90 Å². The quantitative estimate of drug-likeness (QED) is 0.425. The van der Waals surface area contributed by atoms with Gasteiger partial charge in [0.1, 0.15) is 4.88 Å². The summed E-state index contributed by atoms with van der Waals surface area (Å²) in [5, 5.41) is 1.49. The standard InChI is InChI=1S/C23H23Cl2NO3S2/c1-14(2)16-8-6-15(7-9-16)12-26(17-10-11-31(28,29)13-17)23(27)22-21(25)20-18(24)4-3-5-19(20)30-22/h3-9,14,17H,10-13H2,1-2H3. The van der Waals surface area contributed by atoms with Gasteiger partial charge in [0.25, 0.3) is 5.91 Å². The molecule has 4 rings (SSSR count). The maximum Gasteiger partial charge on any atom is 0.266 e. The van der Waals surface area contributed by atoms with E-state index < -0.39 is 9.84 Å². The summed E-state index contributed by atoms with van der Waals surface area (Å²) in [4.78, 5) is 15.7. The van der Waals surface area contributed by atoms with Gasteiger partial charge >= 0.3 is 0 Å². The maximum absolute atomic E-state index is 13.6. The molecule has 8 heteroatoms. The Morgan fingerprint density at radius 2 is 1.87 bits per heavy atom. The molecule has 4 nitrogen and oxygen atoms in total. The van der Waals surface area contributed by atoms with E-state index in [9.17, 15) is 13.2 Å². The zero-order valence-corrected chi connectivity index (χ0v) is 20.4.